The fourth-order valence-electron chi connectivity index (χ4n) is 2.66. The summed E-state index contributed by atoms with van der Waals surface area (Å²) in [6, 6.07) is 2.09. The van der Waals surface area contributed by atoms with E-state index in [1.54, 1.807) is 6.92 Å². The molecule has 1 saturated carbocycles. The fourth-order valence-corrected chi connectivity index (χ4v) is 2.66. The van der Waals surface area contributed by atoms with Gasteiger partial charge in [0.1, 0.15) is 5.60 Å². The molecule has 0 radical (unpaired) electrons. The van der Waals surface area contributed by atoms with E-state index < -0.39 is 17.5 Å². The van der Waals surface area contributed by atoms with Crippen LogP contribution in [0.15, 0.2) is 0 Å². The molecule has 1 aliphatic heterocycles. The topological polar surface area (TPSA) is 77.8 Å². The zero-order valence-corrected chi connectivity index (χ0v) is 11.1. The molecule has 1 saturated heterocycles. The lowest BCUT2D eigenvalue weighted by Gasteiger charge is -2.41. The molecule has 0 bridgehead atoms. The molecule has 106 valence electrons. The van der Waals surface area contributed by atoms with Crippen LogP contribution in [0.4, 0.5) is 4.79 Å². The Morgan fingerprint density at radius 3 is 2.42 bits per heavy atom. The van der Waals surface area contributed by atoms with Crippen LogP contribution in [-0.4, -0.2) is 37.4 Å². The standard InChI is InChI=1S/C13H19NO5/c1-2-16-11(15)19-12(7-8-14)3-5-13(6-4-12)17-9-10-18-13/h2-7,9-10H2,1H3. The molecule has 2 aliphatic rings. The van der Waals surface area contributed by atoms with Gasteiger partial charge in [-0.1, -0.05) is 0 Å². The summed E-state index contributed by atoms with van der Waals surface area (Å²) in [4.78, 5) is 11.5. The van der Waals surface area contributed by atoms with Crippen LogP contribution in [0.2, 0.25) is 0 Å². The van der Waals surface area contributed by atoms with E-state index in [4.69, 9.17) is 24.2 Å². The zero-order chi connectivity index (χ0) is 13.8. The highest BCUT2D eigenvalue weighted by Gasteiger charge is 2.48. The van der Waals surface area contributed by atoms with Crippen molar-refractivity contribution in [3.05, 3.63) is 0 Å². The van der Waals surface area contributed by atoms with Gasteiger partial charge in [-0.25, -0.2) is 4.79 Å². The van der Waals surface area contributed by atoms with Crippen molar-refractivity contribution >= 4 is 6.16 Å². The molecule has 2 rings (SSSR count). The van der Waals surface area contributed by atoms with Crippen LogP contribution in [-0.2, 0) is 18.9 Å². The maximum atomic E-state index is 11.5. The Kier molecular flexibility index (Phi) is 4.27. The number of carbonyl (C=O) groups is 1. The Hall–Kier alpha value is -1.32. The Labute approximate surface area is 112 Å². The molecule has 0 unspecified atom stereocenters. The normalized spacial score (nSPS) is 23.8. The number of ether oxygens (including phenoxy) is 4. The van der Waals surface area contributed by atoms with Gasteiger partial charge in [-0.05, 0) is 19.8 Å². The van der Waals surface area contributed by atoms with E-state index in [0.717, 1.165) is 0 Å². The molecule has 1 spiro atoms. The summed E-state index contributed by atoms with van der Waals surface area (Å²) in [6.45, 7) is 3.18. The summed E-state index contributed by atoms with van der Waals surface area (Å²) in [5, 5.41) is 8.94. The van der Waals surface area contributed by atoms with E-state index in [-0.39, 0.29) is 13.0 Å². The Morgan fingerprint density at radius 1 is 1.26 bits per heavy atom. The lowest BCUT2D eigenvalue weighted by atomic mass is 9.79. The molecular formula is C13H19NO5. The van der Waals surface area contributed by atoms with Crippen molar-refractivity contribution in [3.63, 3.8) is 0 Å². The number of hydrogen-bond acceptors (Lipinski definition) is 6. The summed E-state index contributed by atoms with van der Waals surface area (Å²) < 4.78 is 21.4. The van der Waals surface area contributed by atoms with Crippen LogP contribution >= 0.6 is 0 Å². The van der Waals surface area contributed by atoms with Crippen LogP contribution in [0.1, 0.15) is 39.0 Å². The highest BCUT2D eigenvalue weighted by atomic mass is 16.7. The van der Waals surface area contributed by atoms with Crippen molar-refractivity contribution in [2.45, 2.75) is 50.4 Å². The second-order valence-corrected chi connectivity index (χ2v) is 4.91. The third kappa shape index (κ3) is 3.17. The highest BCUT2D eigenvalue weighted by molar-refractivity contribution is 5.60. The summed E-state index contributed by atoms with van der Waals surface area (Å²) in [5.74, 6) is -0.531. The molecule has 6 nitrogen and oxygen atoms in total. The van der Waals surface area contributed by atoms with Crippen molar-refractivity contribution in [1.29, 1.82) is 5.26 Å². The molecule has 19 heavy (non-hydrogen) atoms. The van der Waals surface area contributed by atoms with E-state index in [1.165, 1.54) is 0 Å². The monoisotopic (exact) mass is 269 g/mol. The minimum absolute atomic E-state index is 0.169. The first kappa shape index (κ1) is 14.1. The van der Waals surface area contributed by atoms with E-state index in [1.807, 2.05) is 0 Å². The van der Waals surface area contributed by atoms with E-state index in [9.17, 15) is 4.79 Å². The average Bonchev–Trinajstić information content (AvgIpc) is 2.83. The quantitative estimate of drug-likeness (QED) is 0.730. The van der Waals surface area contributed by atoms with Crippen LogP contribution in [0, 0.1) is 11.3 Å². The van der Waals surface area contributed by atoms with Gasteiger partial charge in [0, 0.05) is 12.8 Å². The molecular weight excluding hydrogens is 250 g/mol. The first-order valence-corrected chi connectivity index (χ1v) is 6.64. The molecule has 0 amide bonds. The molecule has 2 fully saturated rings. The van der Waals surface area contributed by atoms with E-state index >= 15 is 0 Å². The third-order valence-electron chi connectivity index (χ3n) is 3.70. The molecule has 0 aromatic heterocycles. The maximum Gasteiger partial charge on any atom is 0.508 e. The highest BCUT2D eigenvalue weighted by Crippen LogP contribution is 2.43. The van der Waals surface area contributed by atoms with Gasteiger partial charge in [0.05, 0.1) is 32.3 Å². The summed E-state index contributed by atoms with van der Waals surface area (Å²) >= 11 is 0. The molecule has 0 N–H and O–H groups in total. The average molecular weight is 269 g/mol. The van der Waals surface area contributed by atoms with Crippen molar-refractivity contribution in [2.75, 3.05) is 19.8 Å². The minimum atomic E-state index is -0.762. The summed E-state index contributed by atoms with van der Waals surface area (Å²) in [6.07, 6.45) is 1.84. The van der Waals surface area contributed by atoms with Crippen molar-refractivity contribution in [3.8, 4) is 6.07 Å². The van der Waals surface area contributed by atoms with Crippen molar-refractivity contribution in [1.82, 2.24) is 0 Å². The predicted molar refractivity (Wildman–Crippen MR) is 64.2 cm³/mol. The largest absolute Gasteiger partial charge is 0.508 e. The first-order chi connectivity index (χ1) is 9.14. The molecule has 0 aromatic carbocycles. The summed E-state index contributed by atoms with van der Waals surface area (Å²) in [5.41, 5.74) is -0.762. The maximum absolute atomic E-state index is 11.5. The minimum Gasteiger partial charge on any atom is -0.435 e. The smallest absolute Gasteiger partial charge is 0.435 e. The van der Waals surface area contributed by atoms with Crippen molar-refractivity contribution < 1.29 is 23.7 Å². The van der Waals surface area contributed by atoms with E-state index in [0.29, 0.717) is 38.9 Å². The van der Waals surface area contributed by atoms with Gasteiger partial charge in [-0.2, -0.15) is 5.26 Å². The van der Waals surface area contributed by atoms with Crippen molar-refractivity contribution in [2.24, 2.45) is 0 Å². The Morgan fingerprint density at radius 2 is 1.89 bits per heavy atom. The van der Waals surface area contributed by atoms with Gasteiger partial charge in [-0.15, -0.1) is 0 Å². The van der Waals surface area contributed by atoms with E-state index in [2.05, 4.69) is 6.07 Å². The zero-order valence-electron chi connectivity index (χ0n) is 11.1. The summed E-state index contributed by atoms with van der Waals surface area (Å²) in [7, 11) is 0. The van der Waals surface area contributed by atoms with Gasteiger partial charge < -0.3 is 18.9 Å². The number of nitrogens with zero attached hydrogens (tertiary/aromatic N) is 1. The van der Waals surface area contributed by atoms with Gasteiger partial charge in [0.15, 0.2) is 5.79 Å². The predicted octanol–water partition coefficient (Wildman–Crippen LogP) is 2.13. The second kappa shape index (κ2) is 5.76. The SMILES string of the molecule is CCOC(=O)OC1(CC#N)CCC2(CC1)OCCO2. The number of nitriles is 1. The van der Waals surface area contributed by atoms with Gasteiger partial charge in [0.25, 0.3) is 0 Å². The Bertz CT molecular complexity index is 360. The molecule has 0 atom stereocenters. The fraction of sp³-hybridized carbons (Fsp3) is 0.846. The lowest BCUT2D eigenvalue weighted by molar-refractivity contribution is -0.204. The number of hydrogen-bond donors (Lipinski definition) is 0. The third-order valence-corrected chi connectivity index (χ3v) is 3.70. The molecule has 0 aromatic rings. The number of rotatable bonds is 3. The van der Waals surface area contributed by atoms with Gasteiger partial charge in [-0.3, -0.25) is 0 Å². The molecule has 1 aliphatic carbocycles. The number of carbonyl (C=O) groups excluding carboxylic acids is 1. The Balaban J connectivity index is 1.98. The second-order valence-electron chi connectivity index (χ2n) is 4.91. The van der Waals surface area contributed by atoms with Crippen LogP contribution < -0.4 is 0 Å². The van der Waals surface area contributed by atoms with Crippen LogP contribution in [0.25, 0.3) is 0 Å². The molecule has 1 heterocycles. The van der Waals surface area contributed by atoms with Gasteiger partial charge in [0.2, 0.25) is 0 Å². The first-order valence-electron chi connectivity index (χ1n) is 6.64. The van der Waals surface area contributed by atoms with Gasteiger partial charge >= 0.3 is 6.16 Å². The van der Waals surface area contributed by atoms with Crippen LogP contribution in [0.3, 0.4) is 0 Å². The molecule has 6 heteroatoms. The van der Waals surface area contributed by atoms with Crippen LogP contribution in [0.5, 0.6) is 0 Å². The lowest BCUT2D eigenvalue weighted by Crippen LogP contribution is -2.46.